The Balaban J connectivity index is 1.85. The highest BCUT2D eigenvalue weighted by atomic mass is 79.9. The van der Waals surface area contributed by atoms with Crippen LogP contribution in [-0.2, 0) is 0 Å². The van der Waals surface area contributed by atoms with E-state index in [1.807, 2.05) is 12.2 Å². The van der Waals surface area contributed by atoms with Crippen LogP contribution in [0.15, 0.2) is 52.3 Å². The predicted molar refractivity (Wildman–Crippen MR) is 90.5 cm³/mol. The third-order valence-corrected chi connectivity index (χ3v) is 4.68. The highest BCUT2D eigenvalue weighted by Gasteiger charge is 2.09. The Morgan fingerprint density at radius 3 is 2.09 bits per heavy atom. The average Bonchev–Trinajstić information content (AvgIpc) is 2.89. The zero-order chi connectivity index (χ0) is 15.5. The fourth-order valence-corrected chi connectivity index (χ4v) is 3.45. The van der Waals surface area contributed by atoms with Gasteiger partial charge < -0.3 is 0 Å². The summed E-state index contributed by atoms with van der Waals surface area (Å²) in [5, 5.41) is 0.815. The van der Waals surface area contributed by atoms with Crippen molar-refractivity contribution in [2.45, 2.75) is 0 Å². The van der Waals surface area contributed by atoms with Crippen molar-refractivity contribution in [2.24, 2.45) is 0 Å². The van der Waals surface area contributed by atoms with Crippen LogP contribution in [0.5, 0.6) is 0 Å². The number of thiazole rings is 1. The van der Waals surface area contributed by atoms with E-state index in [4.69, 9.17) is 0 Å². The maximum atomic E-state index is 13.0. The van der Waals surface area contributed by atoms with Crippen LogP contribution in [0.1, 0.15) is 10.6 Å². The highest BCUT2D eigenvalue weighted by molar-refractivity contribution is 9.11. The molecule has 22 heavy (non-hydrogen) atoms. The summed E-state index contributed by atoms with van der Waals surface area (Å²) in [5.41, 5.74) is 2.53. The standard InChI is InChI=1S/C17H10BrF2NS/c18-17-16(12-4-8-14(20)9-5-12)21-15(22-17)10-3-11-1-6-13(19)7-2-11/h1-10H/b10-3+. The fourth-order valence-electron chi connectivity index (χ4n) is 1.92. The predicted octanol–water partition coefficient (Wildman–Crippen LogP) is 6.02. The van der Waals surface area contributed by atoms with Gasteiger partial charge in [-0.3, -0.25) is 0 Å². The van der Waals surface area contributed by atoms with Crippen LogP contribution < -0.4 is 0 Å². The normalized spacial score (nSPS) is 11.2. The highest BCUT2D eigenvalue weighted by Crippen LogP contribution is 2.33. The van der Waals surface area contributed by atoms with Crippen LogP contribution in [0, 0.1) is 11.6 Å². The number of rotatable bonds is 3. The van der Waals surface area contributed by atoms with E-state index in [-0.39, 0.29) is 11.6 Å². The number of hydrogen-bond acceptors (Lipinski definition) is 2. The Labute approximate surface area is 139 Å². The summed E-state index contributed by atoms with van der Waals surface area (Å²) >= 11 is 4.97. The van der Waals surface area contributed by atoms with Crippen molar-refractivity contribution < 1.29 is 8.78 Å². The zero-order valence-corrected chi connectivity index (χ0v) is 13.7. The van der Waals surface area contributed by atoms with Gasteiger partial charge in [0, 0.05) is 5.56 Å². The summed E-state index contributed by atoms with van der Waals surface area (Å²) in [5.74, 6) is -0.528. The maximum Gasteiger partial charge on any atom is 0.123 e. The van der Waals surface area contributed by atoms with Crippen LogP contribution in [0.4, 0.5) is 8.78 Å². The number of aromatic nitrogens is 1. The van der Waals surface area contributed by atoms with Gasteiger partial charge in [0.25, 0.3) is 0 Å². The molecule has 0 saturated carbocycles. The van der Waals surface area contributed by atoms with Crippen LogP contribution in [0.2, 0.25) is 0 Å². The number of nitrogens with zero attached hydrogens (tertiary/aromatic N) is 1. The molecule has 0 unspecified atom stereocenters. The molecule has 0 aliphatic heterocycles. The van der Waals surface area contributed by atoms with Crippen molar-refractivity contribution >= 4 is 39.4 Å². The van der Waals surface area contributed by atoms with E-state index in [0.717, 1.165) is 25.6 Å². The lowest BCUT2D eigenvalue weighted by Gasteiger charge is -1.96. The van der Waals surface area contributed by atoms with Crippen LogP contribution in [-0.4, -0.2) is 4.98 Å². The number of benzene rings is 2. The lowest BCUT2D eigenvalue weighted by atomic mass is 10.2. The van der Waals surface area contributed by atoms with Crippen molar-refractivity contribution in [3.8, 4) is 11.3 Å². The first-order valence-corrected chi connectivity index (χ1v) is 8.09. The Morgan fingerprint density at radius 1 is 0.864 bits per heavy atom. The van der Waals surface area contributed by atoms with Gasteiger partial charge in [-0.2, -0.15) is 0 Å². The molecule has 1 aromatic heterocycles. The number of hydrogen-bond donors (Lipinski definition) is 0. The van der Waals surface area contributed by atoms with E-state index in [1.54, 1.807) is 24.3 Å². The first-order chi connectivity index (χ1) is 10.6. The molecule has 0 aliphatic carbocycles. The van der Waals surface area contributed by atoms with Gasteiger partial charge in [0.1, 0.15) is 16.6 Å². The Bertz CT molecular complexity index is 808. The summed E-state index contributed by atoms with van der Waals surface area (Å²) < 4.78 is 26.7. The van der Waals surface area contributed by atoms with Crippen molar-refractivity contribution in [2.75, 3.05) is 0 Å². The minimum absolute atomic E-state index is 0.257. The maximum absolute atomic E-state index is 13.0. The molecule has 0 fully saturated rings. The lowest BCUT2D eigenvalue weighted by molar-refractivity contribution is 0.627. The molecule has 0 amide bonds. The van der Waals surface area contributed by atoms with Crippen molar-refractivity contribution in [1.82, 2.24) is 4.98 Å². The summed E-state index contributed by atoms with van der Waals surface area (Å²) in [6.07, 6.45) is 3.74. The van der Waals surface area contributed by atoms with E-state index in [9.17, 15) is 8.78 Å². The molecular formula is C17H10BrF2NS. The minimum Gasteiger partial charge on any atom is -0.235 e. The van der Waals surface area contributed by atoms with Crippen LogP contribution >= 0.6 is 27.3 Å². The molecule has 0 saturated heterocycles. The zero-order valence-electron chi connectivity index (χ0n) is 11.3. The van der Waals surface area contributed by atoms with Gasteiger partial charge in [-0.1, -0.05) is 18.2 Å². The van der Waals surface area contributed by atoms with Gasteiger partial charge in [0.05, 0.1) is 9.48 Å². The molecule has 0 N–H and O–H groups in total. The monoisotopic (exact) mass is 377 g/mol. The fraction of sp³-hybridized carbons (Fsp3) is 0. The lowest BCUT2D eigenvalue weighted by Crippen LogP contribution is -1.80. The van der Waals surface area contributed by atoms with Crippen molar-refractivity contribution in [3.63, 3.8) is 0 Å². The molecular weight excluding hydrogens is 368 g/mol. The molecule has 0 spiro atoms. The van der Waals surface area contributed by atoms with E-state index in [0.29, 0.717) is 0 Å². The van der Waals surface area contributed by atoms with Crippen LogP contribution in [0.25, 0.3) is 23.4 Å². The molecule has 0 bridgehead atoms. The van der Waals surface area contributed by atoms with Gasteiger partial charge in [0.2, 0.25) is 0 Å². The topological polar surface area (TPSA) is 12.9 Å². The second-order valence-corrected chi connectivity index (χ2v) is 6.91. The molecule has 3 aromatic rings. The van der Waals surface area contributed by atoms with E-state index >= 15 is 0 Å². The Hall–Kier alpha value is -1.85. The second-order valence-electron chi connectivity index (χ2n) is 4.57. The second kappa shape index (κ2) is 6.50. The molecule has 2 aromatic carbocycles. The summed E-state index contributed by atoms with van der Waals surface area (Å²) in [7, 11) is 0. The number of halogens is 3. The molecule has 110 valence electrons. The first-order valence-electron chi connectivity index (χ1n) is 6.48. The molecule has 1 nitrogen and oxygen atoms in total. The van der Waals surface area contributed by atoms with Gasteiger partial charge in [-0.15, -0.1) is 11.3 Å². The summed E-state index contributed by atoms with van der Waals surface area (Å²) in [6.45, 7) is 0. The summed E-state index contributed by atoms with van der Waals surface area (Å²) in [4.78, 5) is 4.53. The first kappa shape index (κ1) is 15.1. The quantitative estimate of drug-likeness (QED) is 0.543. The van der Waals surface area contributed by atoms with Crippen molar-refractivity contribution in [3.05, 3.63) is 74.5 Å². The van der Waals surface area contributed by atoms with Gasteiger partial charge in [0.15, 0.2) is 0 Å². The molecule has 0 aliphatic rings. The minimum atomic E-state index is -0.272. The third-order valence-electron chi connectivity index (χ3n) is 3.01. The van der Waals surface area contributed by atoms with Gasteiger partial charge in [-0.05, 0) is 64.0 Å². The summed E-state index contributed by atoms with van der Waals surface area (Å²) in [6, 6.07) is 12.5. The average molecular weight is 378 g/mol. The van der Waals surface area contributed by atoms with E-state index in [1.165, 1.54) is 35.6 Å². The molecule has 3 rings (SSSR count). The molecule has 1 heterocycles. The third kappa shape index (κ3) is 3.48. The van der Waals surface area contributed by atoms with Crippen LogP contribution in [0.3, 0.4) is 0 Å². The van der Waals surface area contributed by atoms with Gasteiger partial charge >= 0.3 is 0 Å². The SMILES string of the molecule is Fc1ccc(/C=C/c2nc(-c3ccc(F)cc3)c(Br)s2)cc1. The molecule has 0 radical (unpaired) electrons. The Morgan fingerprint density at radius 2 is 1.45 bits per heavy atom. The van der Waals surface area contributed by atoms with Gasteiger partial charge in [-0.25, -0.2) is 13.8 Å². The molecule has 5 heteroatoms. The Kier molecular flexibility index (Phi) is 4.45. The van der Waals surface area contributed by atoms with E-state index < -0.39 is 0 Å². The smallest absolute Gasteiger partial charge is 0.123 e. The molecule has 0 atom stereocenters. The van der Waals surface area contributed by atoms with Crippen molar-refractivity contribution in [1.29, 1.82) is 0 Å². The largest absolute Gasteiger partial charge is 0.235 e. The van der Waals surface area contributed by atoms with E-state index in [2.05, 4.69) is 20.9 Å².